The number of benzene rings is 1. The van der Waals surface area contributed by atoms with Crippen LogP contribution in [0.3, 0.4) is 0 Å². The molecule has 7 heteroatoms. The number of nitrogens with one attached hydrogen (secondary N) is 1. The summed E-state index contributed by atoms with van der Waals surface area (Å²) < 4.78 is 27.1. The van der Waals surface area contributed by atoms with Crippen LogP contribution in [0.4, 0.5) is 0 Å². The Labute approximate surface area is 129 Å². The lowest BCUT2D eigenvalue weighted by Crippen LogP contribution is -2.42. The van der Waals surface area contributed by atoms with Gasteiger partial charge in [-0.05, 0) is 32.9 Å². The van der Waals surface area contributed by atoms with Crippen LogP contribution in [0.15, 0.2) is 52.7 Å². The molecule has 0 atom stereocenters. The van der Waals surface area contributed by atoms with Gasteiger partial charge in [0.05, 0.1) is 11.1 Å². The summed E-state index contributed by atoms with van der Waals surface area (Å²) in [5, 5.41) is 0. The summed E-state index contributed by atoms with van der Waals surface area (Å²) in [5.74, 6) is -0.419. The van der Waals surface area contributed by atoms with Crippen molar-refractivity contribution in [2.24, 2.45) is 4.99 Å². The van der Waals surface area contributed by atoms with Crippen molar-refractivity contribution in [1.29, 1.82) is 0 Å². The average Bonchev–Trinajstić information content (AvgIpc) is 2.62. The predicted octanol–water partition coefficient (Wildman–Crippen LogP) is 1.55. The van der Waals surface area contributed by atoms with Crippen molar-refractivity contribution in [3.8, 4) is 0 Å². The molecule has 1 aromatic carbocycles. The fraction of sp³-hybridized carbons (Fsp3) is 0.267. The van der Waals surface area contributed by atoms with Gasteiger partial charge in [-0.2, -0.15) is 0 Å². The minimum atomic E-state index is -3.83. The van der Waals surface area contributed by atoms with Crippen LogP contribution in [0.25, 0.3) is 0 Å². The molecule has 0 unspecified atom stereocenters. The van der Waals surface area contributed by atoms with E-state index in [9.17, 15) is 13.2 Å². The lowest BCUT2D eigenvalue weighted by Gasteiger charge is -2.16. The first-order valence-corrected chi connectivity index (χ1v) is 8.05. The highest BCUT2D eigenvalue weighted by atomic mass is 32.2. The molecular weight excluding hydrogens is 302 g/mol. The van der Waals surface area contributed by atoms with Gasteiger partial charge in [0.1, 0.15) is 5.54 Å². The standard InChI is InChI=1S/C15H17N3O3S/c1-5-10-18-13(19)15(3,4)16-14(18)17-22(20,21)12-8-6-11(2)7-9-12/h6-10H,1H2,2-4H3,(H,16,17). The Kier molecular flexibility index (Phi) is 3.96. The van der Waals surface area contributed by atoms with Gasteiger partial charge in [0.2, 0.25) is 5.96 Å². The van der Waals surface area contributed by atoms with E-state index in [-0.39, 0.29) is 16.8 Å². The van der Waals surface area contributed by atoms with Crippen LogP contribution in [0, 0.1) is 6.92 Å². The second kappa shape index (κ2) is 5.44. The second-order valence-electron chi connectivity index (χ2n) is 5.42. The van der Waals surface area contributed by atoms with Gasteiger partial charge in [-0.3, -0.25) is 4.79 Å². The third-order valence-corrected chi connectivity index (χ3v) is 4.48. The van der Waals surface area contributed by atoms with E-state index in [2.05, 4.69) is 22.0 Å². The molecule has 1 N–H and O–H groups in total. The molecule has 0 saturated carbocycles. The highest BCUT2D eigenvalue weighted by Crippen LogP contribution is 2.22. The molecule has 0 radical (unpaired) electrons. The van der Waals surface area contributed by atoms with Gasteiger partial charge in [0, 0.05) is 0 Å². The molecule has 1 heterocycles. The van der Waals surface area contributed by atoms with Crippen molar-refractivity contribution in [1.82, 2.24) is 9.62 Å². The Morgan fingerprint density at radius 3 is 2.45 bits per heavy atom. The van der Waals surface area contributed by atoms with Gasteiger partial charge >= 0.3 is 0 Å². The van der Waals surface area contributed by atoms with Crippen molar-refractivity contribution >= 4 is 21.9 Å². The number of aryl methyl sites for hydroxylation is 1. The van der Waals surface area contributed by atoms with Crippen molar-refractivity contribution in [3.63, 3.8) is 0 Å². The van der Waals surface area contributed by atoms with E-state index in [1.807, 2.05) is 6.92 Å². The zero-order valence-corrected chi connectivity index (χ0v) is 13.4. The van der Waals surface area contributed by atoms with E-state index >= 15 is 0 Å². The first kappa shape index (κ1) is 16.0. The molecule has 1 amide bonds. The molecule has 1 aliphatic heterocycles. The molecule has 6 nitrogen and oxygen atoms in total. The quantitative estimate of drug-likeness (QED) is 0.859. The van der Waals surface area contributed by atoms with E-state index in [0.717, 1.165) is 10.5 Å². The van der Waals surface area contributed by atoms with Crippen molar-refractivity contribution in [2.45, 2.75) is 31.2 Å². The Balaban J connectivity index is 2.37. The molecule has 22 heavy (non-hydrogen) atoms. The van der Waals surface area contributed by atoms with Crippen LogP contribution in [0.5, 0.6) is 0 Å². The molecule has 1 aromatic rings. The second-order valence-corrected chi connectivity index (χ2v) is 7.10. The number of carbonyl (C=O) groups excluding carboxylic acids is 1. The Morgan fingerprint density at radius 2 is 1.91 bits per heavy atom. The number of hydrogen-bond acceptors (Lipinski definition) is 4. The largest absolute Gasteiger partial charge is 0.271 e. The van der Waals surface area contributed by atoms with Gasteiger partial charge in [0.25, 0.3) is 15.9 Å². The van der Waals surface area contributed by atoms with Crippen LogP contribution >= 0.6 is 0 Å². The predicted molar refractivity (Wildman–Crippen MR) is 83.6 cm³/mol. The molecule has 0 aromatic heterocycles. The maximum atomic E-state index is 12.4. The molecule has 0 aliphatic carbocycles. The third kappa shape index (κ3) is 2.95. The summed E-state index contributed by atoms with van der Waals surface area (Å²) >= 11 is 0. The average molecular weight is 319 g/mol. The summed E-state index contributed by atoms with van der Waals surface area (Å²) in [6, 6.07) is 6.38. The Bertz CT molecular complexity index is 786. The number of rotatable bonds is 3. The summed E-state index contributed by atoms with van der Waals surface area (Å²) in [7, 11) is -3.83. The van der Waals surface area contributed by atoms with Crippen LogP contribution in [-0.2, 0) is 14.8 Å². The monoisotopic (exact) mass is 319 g/mol. The minimum Gasteiger partial charge on any atom is -0.271 e. The maximum absolute atomic E-state index is 12.4. The summed E-state index contributed by atoms with van der Waals surface area (Å²) in [4.78, 5) is 17.5. The topological polar surface area (TPSA) is 78.8 Å². The first-order valence-electron chi connectivity index (χ1n) is 6.56. The highest BCUT2D eigenvalue weighted by molar-refractivity contribution is 7.90. The van der Waals surface area contributed by atoms with Crippen LogP contribution in [-0.4, -0.2) is 30.7 Å². The molecule has 0 spiro atoms. The van der Waals surface area contributed by atoms with Crippen molar-refractivity contribution in [3.05, 3.63) is 48.3 Å². The van der Waals surface area contributed by atoms with E-state index < -0.39 is 15.6 Å². The molecule has 0 saturated heterocycles. The minimum absolute atomic E-state index is 0.0632. The molecule has 0 bridgehead atoms. The first-order chi connectivity index (χ1) is 10.2. The van der Waals surface area contributed by atoms with Gasteiger partial charge < -0.3 is 0 Å². The Hall–Kier alpha value is -2.37. The zero-order chi connectivity index (χ0) is 16.5. The summed E-state index contributed by atoms with van der Waals surface area (Å²) in [5.41, 5.74) is 2.36. The fourth-order valence-corrected chi connectivity index (χ4v) is 2.93. The summed E-state index contributed by atoms with van der Waals surface area (Å²) in [6.07, 6.45) is 1.26. The third-order valence-electron chi connectivity index (χ3n) is 3.13. The zero-order valence-electron chi connectivity index (χ0n) is 12.6. The Morgan fingerprint density at radius 1 is 1.32 bits per heavy atom. The van der Waals surface area contributed by atoms with Gasteiger partial charge in [0.15, 0.2) is 0 Å². The smallest absolute Gasteiger partial charge is 0.264 e. The van der Waals surface area contributed by atoms with E-state index in [1.54, 1.807) is 26.0 Å². The number of aliphatic imine (C=N–C) groups is 1. The molecule has 0 fully saturated rings. The van der Waals surface area contributed by atoms with Gasteiger partial charge in [-0.25, -0.2) is 23.0 Å². The number of hydrogen-bond donors (Lipinski definition) is 1. The van der Waals surface area contributed by atoms with E-state index in [0.29, 0.717) is 0 Å². The number of nitrogens with zero attached hydrogens (tertiary/aromatic N) is 2. The molecular formula is C15H17N3O3S. The van der Waals surface area contributed by atoms with Gasteiger partial charge in [-0.1, -0.05) is 24.3 Å². The van der Waals surface area contributed by atoms with Crippen molar-refractivity contribution < 1.29 is 13.2 Å². The molecule has 1 aliphatic rings. The van der Waals surface area contributed by atoms with Crippen molar-refractivity contribution in [2.75, 3.05) is 0 Å². The fourth-order valence-electron chi connectivity index (χ4n) is 1.94. The lowest BCUT2D eigenvalue weighted by molar-refractivity contribution is -0.128. The van der Waals surface area contributed by atoms with Crippen LogP contribution in [0.1, 0.15) is 19.4 Å². The van der Waals surface area contributed by atoms with Crippen LogP contribution < -0.4 is 4.72 Å². The lowest BCUT2D eigenvalue weighted by atomic mass is 10.1. The summed E-state index contributed by atoms with van der Waals surface area (Å²) in [6.45, 7) is 8.47. The molecule has 2 rings (SSSR count). The SMILES string of the molecule is C=C=CN1C(=O)C(C)(C)N=C1NS(=O)(=O)c1ccc(C)cc1. The van der Waals surface area contributed by atoms with E-state index in [1.165, 1.54) is 18.3 Å². The van der Waals surface area contributed by atoms with E-state index in [4.69, 9.17) is 0 Å². The highest BCUT2D eigenvalue weighted by Gasteiger charge is 2.41. The number of amides is 1. The normalized spacial score (nSPS) is 17.0. The molecule has 116 valence electrons. The number of sulfonamides is 1. The maximum Gasteiger partial charge on any atom is 0.264 e. The van der Waals surface area contributed by atoms with Gasteiger partial charge in [-0.15, -0.1) is 5.73 Å². The number of guanidine groups is 1. The van der Waals surface area contributed by atoms with Crippen LogP contribution in [0.2, 0.25) is 0 Å². The number of carbonyl (C=O) groups is 1.